The minimum atomic E-state index is -0.427. The number of carbonyl (C=O) groups excluding carboxylic acids is 2. The molecule has 6 nitrogen and oxygen atoms in total. The second-order valence-electron chi connectivity index (χ2n) is 4.76. The van der Waals surface area contributed by atoms with Gasteiger partial charge in [-0.25, -0.2) is 4.79 Å². The highest BCUT2D eigenvalue weighted by molar-refractivity contribution is 7.12. The molecule has 2 heterocycles. The lowest BCUT2D eigenvalue weighted by atomic mass is 10.2. The van der Waals surface area contributed by atoms with Crippen LogP contribution in [0.5, 0.6) is 0 Å². The van der Waals surface area contributed by atoms with Crippen molar-refractivity contribution in [1.82, 2.24) is 10.2 Å². The maximum Gasteiger partial charge on any atom is 0.350 e. The number of amides is 1. The number of rotatable bonds is 5. The summed E-state index contributed by atoms with van der Waals surface area (Å²) in [5, 5.41) is 7.80. The lowest BCUT2D eigenvalue weighted by Crippen LogP contribution is -2.39. The molecule has 1 aliphatic rings. The summed E-state index contributed by atoms with van der Waals surface area (Å²) in [5.41, 5.74) is 0.518. The zero-order valence-corrected chi connectivity index (χ0v) is 13.7. The van der Waals surface area contributed by atoms with E-state index in [2.05, 4.69) is 15.4 Å². The Labute approximate surface area is 134 Å². The van der Waals surface area contributed by atoms with Gasteiger partial charge in [-0.05, 0) is 31.5 Å². The van der Waals surface area contributed by atoms with E-state index in [0.29, 0.717) is 23.2 Å². The van der Waals surface area contributed by atoms with Crippen molar-refractivity contribution in [2.75, 3.05) is 39.1 Å². The molecule has 118 valence electrons. The smallest absolute Gasteiger partial charge is 0.350 e. The highest BCUT2D eigenvalue weighted by Gasteiger charge is 2.22. The van der Waals surface area contributed by atoms with Crippen LogP contribution in [-0.2, 0) is 9.53 Å². The predicted molar refractivity (Wildman–Crippen MR) is 85.4 cm³/mol. The van der Waals surface area contributed by atoms with Gasteiger partial charge < -0.3 is 15.4 Å². The molecule has 1 atom stereocenters. The maximum atomic E-state index is 12.0. The van der Waals surface area contributed by atoms with Crippen LogP contribution < -0.4 is 10.6 Å². The van der Waals surface area contributed by atoms with Crippen molar-refractivity contribution in [3.8, 4) is 0 Å². The third-order valence-electron chi connectivity index (χ3n) is 3.36. The first-order valence-corrected chi connectivity index (χ1v) is 7.36. The molecule has 1 amide bonds. The van der Waals surface area contributed by atoms with E-state index >= 15 is 0 Å². The van der Waals surface area contributed by atoms with Crippen LogP contribution in [0.25, 0.3) is 0 Å². The average Bonchev–Trinajstić information content (AvgIpc) is 3.08. The van der Waals surface area contributed by atoms with E-state index in [1.165, 1.54) is 18.4 Å². The number of halogens is 1. The summed E-state index contributed by atoms with van der Waals surface area (Å²) in [6.07, 6.45) is 1.05. The van der Waals surface area contributed by atoms with Crippen LogP contribution in [0.3, 0.4) is 0 Å². The van der Waals surface area contributed by atoms with Crippen LogP contribution in [0.4, 0.5) is 5.69 Å². The van der Waals surface area contributed by atoms with E-state index < -0.39 is 5.97 Å². The van der Waals surface area contributed by atoms with Crippen LogP contribution >= 0.6 is 23.7 Å². The summed E-state index contributed by atoms with van der Waals surface area (Å²) in [6, 6.07) is 2.11. The number of hydrogen-bond donors (Lipinski definition) is 2. The summed E-state index contributed by atoms with van der Waals surface area (Å²) < 4.78 is 4.68. The highest BCUT2D eigenvalue weighted by Crippen LogP contribution is 2.23. The van der Waals surface area contributed by atoms with E-state index in [1.807, 2.05) is 11.9 Å². The van der Waals surface area contributed by atoms with Crippen LogP contribution in [0.2, 0.25) is 0 Å². The summed E-state index contributed by atoms with van der Waals surface area (Å²) in [5.74, 6) is -0.549. The average molecular weight is 334 g/mol. The second-order valence-corrected chi connectivity index (χ2v) is 5.68. The standard InChI is InChI=1S/C13H19N3O3S.ClH/c1-16(9-3-5-14-7-9)8-11(17)15-10-4-6-20-12(10)13(18)19-2;/h4,6,9,14H,3,5,7-8H2,1-2H3,(H,15,17);1H. The Morgan fingerprint density at radius 3 is 2.95 bits per heavy atom. The van der Waals surface area contributed by atoms with Gasteiger partial charge in [-0.15, -0.1) is 23.7 Å². The molecule has 1 fully saturated rings. The Bertz CT molecular complexity index is 489. The quantitative estimate of drug-likeness (QED) is 0.792. The van der Waals surface area contributed by atoms with Gasteiger partial charge in [0.2, 0.25) is 5.91 Å². The van der Waals surface area contributed by atoms with Crippen molar-refractivity contribution in [2.45, 2.75) is 12.5 Å². The van der Waals surface area contributed by atoms with Gasteiger partial charge in [0.25, 0.3) is 0 Å². The predicted octanol–water partition coefficient (Wildman–Crippen LogP) is 1.19. The number of nitrogens with one attached hydrogen (secondary N) is 2. The molecule has 0 saturated carbocycles. The zero-order valence-electron chi connectivity index (χ0n) is 12.0. The Hall–Kier alpha value is -1.15. The molecule has 1 saturated heterocycles. The minimum Gasteiger partial charge on any atom is -0.465 e. The Balaban J connectivity index is 0.00000220. The molecule has 2 rings (SSSR count). The molecule has 8 heteroatoms. The number of likely N-dealkylation sites (N-methyl/N-ethyl adjacent to an activating group) is 1. The SMILES string of the molecule is COC(=O)c1sccc1NC(=O)CN(C)C1CCNC1.Cl. The highest BCUT2D eigenvalue weighted by atomic mass is 35.5. The molecular weight excluding hydrogens is 314 g/mol. The van der Waals surface area contributed by atoms with Crippen molar-refractivity contribution in [3.05, 3.63) is 16.3 Å². The molecular formula is C13H20ClN3O3S. The number of esters is 1. The molecule has 0 spiro atoms. The van der Waals surface area contributed by atoms with E-state index in [1.54, 1.807) is 11.4 Å². The van der Waals surface area contributed by atoms with Crippen molar-refractivity contribution >= 4 is 41.3 Å². The largest absolute Gasteiger partial charge is 0.465 e. The van der Waals surface area contributed by atoms with E-state index in [4.69, 9.17) is 0 Å². The van der Waals surface area contributed by atoms with Crippen LogP contribution in [0, 0.1) is 0 Å². The first-order chi connectivity index (χ1) is 9.61. The third kappa shape index (κ3) is 4.67. The number of nitrogens with zero attached hydrogens (tertiary/aromatic N) is 1. The third-order valence-corrected chi connectivity index (χ3v) is 4.26. The maximum absolute atomic E-state index is 12.0. The Kier molecular flexibility index (Phi) is 7.10. The fourth-order valence-electron chi connectivity index (χ4n) is 2.22. The van der Waals surface area contributed by atoms with Crippen molar-refractivity contribution in [3.63, 3.8) is 0 Å². The molecule has 1 aromatic rings. The van der Waals surface area contributed by atoms with E-state index in [-0.39, 0.29) is 18.3 Å². The molecule has 2 N–H and O–H groups in total. The fourth-order valence-corrected chi connectivity index (χ4v) is 2.99. The van der Waals surface area contributed by atoms with Gasteiger partial charge in [-0.2, -0.15) is 0 Å². The van der Waals surface area contributed by atoms with E-state index in [9.17, 15) is 9.59 Å². The lowest BCUT2D eigenvalue weighted by Gasteiger charge is -2.22. The minimum absolute atomic E-state index is 0. The van der Waals surface area contributed by atoms with Gasteiger partial charge in [-0.1, -0.05) is 0 Å². The van der Waals surface area contributed by atoms with E-state index in [0.717, 1.165) is 19.5 Å². The number of ether oxygens (including phenoxy) is 1. The fraction of sp³-hybridized carbons (Fsp3) is 0.538. The van der Waals surface area contributed by atoms with Gasteiger partial charge in [0.05, 0.1) is 19.3 Å². The number of anilines is 1. The number of hydrogen-bond acceptors (Lipinski definition) is 6. The molecule has 0 radical (unpaired) electrons. The summed E-state index contributed by atoms with van der Waals surface area (Å²) >= 11 is 1.26. The normalized spacial score (nSPS) is 17.4. The van der Waals surface area contributed by atoms with Gasteiger partial charge in [0.15, 0.2) is 0 Å². The van der Waals surface area contributed by atoms with Gasteiger partial charge in [0, 0.05) is 12.6 Å². The van der Waals surface area contributed by atoms with Gasteiger partial charge >= 0.3 is 5.97 Å². The number of carbonyl (C=O) groups is 2. The molecule has 1 aliphatic heterocycles. The lowest BCUT2D eigenvalue weighted by molar-refractivity contribution is -0.117. The van der Waals surface area contributed by atoms with Gasteiger partial charge in [-0.3, -0.25) is 9.69 Å². The Morgan fingerprint density at radius 2 is 2.33 bits per heavy atom. The molecule has 1 unspecified atom stereocenters. The van der Waals surface area contributed by atoms with Crippen LogP contribution in [0.15, 0.2) is 11.4 Å². The molecule has 21 heavy (non-hydrogen) atoms. The Morgan fingerprint density at radius 1 is 1.57 bits per heavy atom. The molecule has 0 bridgehead atoms. The number of methoxy groups -OCH3 is 1. The zero-order chi connectivity index (χ0) is 14.5. The first kappa shape index (κ1) is 17.9. The van der Waals surface area contributed by atoms with Crippen LogP contribution in [0.1, 0.15) is 16.1 Å². The monoisotopic (exact) mass is 333 g/mol. The van der Waals surface area contributed by atoms with Gasteiger partial charge in [0.1, 0.15) is 4.88 Å². The van der Waals surface area contributed by atoms with Crippen molar-refractivity contribution in [2.24, 2.45) is 0 Å². The van der Waals surface area contributed by atoms with Crippen LogP contribution in [-0.4, -0.2) is 56.6 Å². The molecule has 0 aromatic carbocycles. The number of thiophene rings is 1. The van der Waals surface area contributed by atoms with Crippen molar-refractivity contribution < 1.29 is 14.3 Å². The summed E-state index contributed by atoms with van der Waals surface area (Å²) in [7, 11) is 3.26. The second kappa shape index (κ2) is 8.33. The first-order valence-electron chi connectivity index (χ1n) is 6.48. The molecule has 0 aliphatic carbocycles. The topological polar surface area (TPSA) is 70.7 Å². The van der Waals surface area contributed by atoms with Crippen molar-refractivity contribution in [1.29, 1.82) is 0 Å². The summed E-state index contributed by atoms with van der Waals surface area (Å²) in [4.78, 5) is 26.0. The molecule has 1 aromatic heterocycles. The summed E-state index contributed by atoms with van der Waals surface area (Å²) in [6.45, 7) is 2.21.